The van der Waals surface area contributed by atoms with Gasteiger partial charge in [-0.2, -0.15) is 0 Å². The number of benzene rings is 2. The molecule has 2 aromatic carbocycles. The zero-order valence-electron chi connectivity index (χ0n) is 15.6. The lowest BCUT2D eigenvalue weighted by Gasteiger charge is -2.26. The third kappa shape index (κ3) is 5.90. The van der Waals surface area contributed by atoms with E-state index in [2.05, 4.69) is 22.9 Å². The van der Waals surface area contributed by atoms with Gasteiger partial charge in [0.1, 0.15) is 0 Å². The first-order valence-corrected chi connectivity index (χ1v) is 10.8. The van der Waals surface area contributed by atoms with Gasteiger partial charge in [0.05, 0.1) is 0 Å². The highest BCUT2D eigenvalue weighted by Gasteiger charge is 2.18. The van der Waals surface area contributed by atoms with Crippen LogP contribution in [-0.2, 0) is 14.8 Å². The topological polar surface area (TPSA) is 66.5 Å². The Kier molecular flexibility index (Phi) is 6.79. The number of hydrogen-bond acceptors (Lipinski definition) is 3. The lowest BCUT2D eigenvalue weighted by Crippen LogP contribution is -2.36. The molecule has 0 aromatic heterocycles. The predicted octanol–water partition coefficient (Wildman–Crippen LogP) is 3.28. The average molecular weight is 397 g/mol. The Labute approximate surface area is 166 Å². The Morgan fingerprint density at radius 3 is 2.36 bits per heavy atom. The second-order valence-corrected chi connectivity index (χ2v) is 8.24. The van der Waals surface area contributed by atoms with Gasteiger partial charge in [-0.1, -0.05) is 66.7 Å². The van der Waals surface area contributed by atoms with Crippen molar-refractivity contribution in [2.75, 3.05) is 19.6 Å². The van der Waals surface area contributed by atoms with Gasteiger partial charge in [0.25, 0.3) is 0 Å². The van der Waals surface area contributed by atoms with Crippen LogP contribution in [0.25, 0.3) is 11.6 Å². The minimum Gasteiger partial charge on any atom is -0.339 e. The first-order chi connectivity index (χ1) is 13.5. The number of carbonyl (C=O) groups excluding carboxylic acids is 1. The first-order valence-electron chi connectivity index (χ1n) is 9.28. The van der Waals surface area contributed by atoms with Crippen molar-refractivity contribution < 1.29 is 13.2 Å². The molecule has 28 heavy (non-hydrogen) atoms. The van der Waals surface area contributed by atoms with E-state index < -0.39 is 10.0 Å². The van der Waals surface area contributed by atoms with Crippen molar-refractivity contribution in [1.29, 1.82) is 0 Å². The zero-order chi connectivity index (χ0) is 19.8. The molecule has 0 fully saturated rings. The molecule has 0 saturated carbocycles. The van der Waals surface area contributed by atoms with Crippen LogP contribution in [0, 0.1) is 0 Å². The second kappa shape index (κ2) is 9.48. The van der Waals surface area contributed by atoms with E-state index in [9.17, 15) is 13.2 Å². The van der Waals surface area contributed by atoms with E-state index in [0.29, 0.717) is 13.1 Å². The van der Waals surface area contributed by atoms with Crippen LogP contribution in [0.1, 0.15) is 24.0 Å². The SMILES string of the molecule is O=C(CCNS(=O)(=O)C=Cc1ccccc1)N1CC=C(c2ccccc2)CC1. The van der Waals surface area contributed by atoms with E-state index in [1.165, 1.54) is 17.2 Å². The van der Waals surface area contributed by atoms with Gasteiger partial charge in [-0.15, -0.1) is 0 Å². The molecule has 3 rings (SSSR count). The summed E-state index contributed by atoms with van der Waals surface area (Å²) in [5.41, 5.74) is 3.24. The zero-order valence-corrected chi connectivity index (χ0v) is 16.4. The van der Waals surface area contributed by atoms with Gasteiger partial charge in [-0.25, -0.2) is 13.1 Å². The number of nitrogens with one attached hydrogen (secondary N) is 1. The first kappa shape index (κ1) is 20.0. The van der Waals surface area contributed by atoms with E-state index in [0.717, 1.165) is 17.4 Å². The lowest BCUT2D eigenvalue weighted by molar-refractivity contribution is -0.130. The normalized spacial score (nSPS) is 14.9. The van der Waals surface area contributed by atoms with E-state index in [1.54, 1.807) is 4.90 Å². The number of nitrogens with zero attached hydrogens (tertiary/aromatic N) is 1. The third-order valence-electron chi connectivity index (χ3n) is 4.59. The smallest absolute Gasteiger partial charge is 0.233 e. The molecule has 0 bridgehead atoms. The van der Waals surface area contributed by atoms with Gasteiger partial charge < -0.3 is 4.90 Å². The Balaban J connectivity index is 1.46. The van der Waals surface area contributed by atoms with Crippen LogP contribution in [0.5, 0.6) is 0 Å². The molecule has 1 aliphatic heterocycles. The molecule has 1 amide bonds. The van der Waals surface area contributed by atoms with Crippen molar-refractivity contribution >= 4 is 27.6 Å². The standard InChI is InChI=1S/C22H24N2O3S/c25-22(24-16-12-21(13-17-24)20-9-5-2-6-10-20)11-15-23-28(26,27)18-14-19-7-3-1-4-8-19/h1-10,12,14,18,23H,11,13,15-17H2. The Morgan fingerprint density at radius 1 is 1.04 bits per heavy atom. The summed E-state index contributed by atoms with van der Waals surface area (Å²) in [4.78, 5) is 14.1. The fourth-order valence-corrected chi connectivity index (χ4v) is 3.87. The highest BCUT2D eigenvalue weighted by Crippen LogP contribution is 2.22. The fraction of sp³-hybridized carbons (Fsp3) is 0.227. The Morgan fingerprint density at radius 2 is 1.71 bits per heavy atom. The largest absolute Gasteiger partial charge is 0.339 e. The number of rotatable bonds is 7. The Bertz CT molecular complexity index is 952. The summed E-state index contributed by atoms with van der Waals surface area (Å²) >= 11 is 0. The van der Waals surface area contributed by atoms with Crippen molar-refractivity contribution in [1.82, 2.24) is 9.62 Å². The average Bonchev–Trinajstić information content (AvgIpc) is 2.74. The number of hydrogen-bond donors (Lipinski definition) is 1. The van der Waals surface area contributed by atoms with Crippen molar-refractivity contribution in [2.24, 2.45) is 0 Å². The summed E-state index contributed by atoms with van der Waals surface area (Å²) in [6, 6.07) is 19.3. The molecule has 1 N–H and O–H groups in total. The summed E-state index contributed by atoms with van der Waals surface area (Å²) in [6.07, 6.45) is 4.56. The summed E-state index contributed by atoms with van der Waals surface area (Å²) in [5.74, 6) is -0.0434. The summed E-state index contributed by atoms with van der Waals surface area (Å²) in [7, 11) is -3.56. The van der Waals surface area contributed by atoms with Crippen LogP contribution in [0.3, 0.4) is 0 Å². The molecule has 146 valence electrons. The molecular formula is C22H24N2O3S. The Hall–Kier alpha value is -2.70. The second-order valence-electron chi connectivity index (χ2n) is 6.59. The third-order valence-corrected chi connectivity index (χ3v) is 5.69. The minimum absolute atomic E-state index is 0.0434. The van der Waals surface area contributed by atoms with Crippen LogP contribution in [0.15, 0.2) is 72.1 Å². The fourth-order valence-electron chi connectivity index (χ4n) is 3.05. The van der Waals surface area contributed by atoms with E-state index in [-0.39, 0.29) is 18.9 Å². The van der Waals surface area contributed by atoms with E-state index in [1.807, 2.05) is 48.5 Å². The molecule has 1 aliphatic rings. The summed E-state index contributed by atoms with van der Waals surface area (Å²) in [6.45, 7) is 1.30. The molecule has 0 aliphatic carbocycles. The maximum absolute atomic E-state index is 12.4. The monoisotopic (exact) mass is 396 g/mol. The van der Waals surface area contributed by atoms with Gasteiger partial charge in [0, 0.05) is 31.5 Å². The molecule has 0 atom stereocenters. The van der Waals surface area contributed by atoms with Crippen LogP contribution in [-0.4, -0.2) is 38.9 Å². The number of amides is 1. The summed E-state index contributed by atoms with van der Waals surface area (Å²) < 4.78 is 26.5. The maximum Gasteiger partial charge on any atom is 0.233 e. The highest BCUT2D eigenvalue weighted by atomic mass is 32.2. The van der Waals surface area contributed by atoms with Gasteiger partial charge >= 0.3 is 0 Å². The number of sulfonamides is 1. The molecule has 5 nitrogen and oxygen atoms in total. The molecule has 6 heteroatoms. The molecule has 2 aromatic rings. The summed E-state index contributed by atoms with van der Waals surface area (Å²) in [5, 5.41) is 1.13. The van der Waals surface area contributed by atoms with Gasteiger partial charge in [0.2, 0.25) is 15.9 Å². The maximum atomic E-state index is 12.4. The molecule has 0 spiro atoms. The van der Waals surface area contributed by atoms with Crippen molar-refractivity contribution in [3.05, 3.63) is 83.3 Å². The molecule has 0 saturated heterocycles. The quantitative estimate of drug-likeness (QED) is 0.781. The molecular weight excluding hydrogens is 372 g/mol. The lowest BCUT2D eigenvalue weighted by atomic mass is 9.99. The van der Waals surface area contributed by atoms with E-state index >= 15 is 0 Å². The van der Waals surface area contributed by atoms with Crippen LogP contribution in [0.2, 0.25) is 0 Å². The molecule has 1 heterocycles. The van der Waals surface area contributed by atoms with Crippen molar-refractivity contribution in [3.63, 3.8) is 0 Å². The van der Waals surface area contributed by atoms with Gasteiger partial charge in [-0.3, -0.25) is 4.79 Å². The van der Waals surface area contributed by atoms with Crippen LogP contribution in [0.4, 0.5) is 0 Å². The highest BCUT2D eigenvalue weighted by molar-refractivity contribution is 7.92. The number of carbonyl (C=O) groups is 1. The predicted molar refractivity (Wildman–Crippen MR) is 113 cm³/mol. The minimum atomic E-state index is -3.56. The van der Waals surface area contributed by atoms with Gasteiger partial charge in [-0.05, 0) is 29.2 Å². The molecule has 0 radical (unpaired) electrons. The van der Waals surface area contributed by atoms with Crippen molar-refractivity contribution in [2.45, 2.75) is 12.8 Å². The molecule has 0 unspecified atom stereocenters. The van der Waals surface area contributed by atoms with Crippen LogP contribution >= 0.6 is 0 Å². The van der Waals surface area contributed by atoms with Crippen molar-refractivity contribution in [3.8, 4) is 0 Å². The van der Waals surface area contributed by atoms with E-state index in [4.69, 9.17) is 0 Å². The van der Waals surface area contributed by atoms with Gasteiger partial charge in [0.15, 0.2) is 0 Å². The van der Waals surface area contributed by atoms with Crippen LogP contribution < -0.4 is 4.72 Å².